The summed E-state index contributed by atoms with van der Waals surface area (Å²) in [6.45, 7) is 1.47. The fraction of sp³-hybridized carbons (Fsp3) is 0.667. The Labute approximate surface area is 73.2 Å². The van der Waals surface area contributed by atoms with E-state index in [1.165, 1.54) is 23.3 Å². The number of thioether (sulfide) groups is 1. The van der Waals surface area contributed by atoms with Crippen molar-refractivity contribution in [3.8, 4) is 0 Å². The first-order valence-electron chi connectivity index (χ1n) is 3.49. The lowest BCUT2D eigenvalue weighted by Crippen LogP contribution is -2.13. The lowest BCUT2D eigenvalue weighted by Gasteiger charge is -1.99. The van der Waals surface area contributed by atoms with E-state index < -0.39 is 6.17 Å². The maximum Gasteiger partial charge on any atom is 0.343 e. The highest BCUT2D eigenvalue weighted by Gasteiger charge is 2.06. The van der Waals surface area contributed by atoms with E-state index in [0.29, 0.717) is 10.9 Å². The van der Waals surface area contributed by atoms with Gasteiger partial charge >= 0.3 is 5.69 Å². The number of nitrogens with one attached hydrogen (secondary N) is 1. The number of rotatable bonds is 3. The molecule has 1 atom stereocenters. The van der Waals surface area contributed by atoms with Crippen LogP contribution in [-0.2, 0) is 7.05 Å². The minimum atomic E-state index is -0.887. The topological polar surface area (TPSA) is 50.7 Å². The van der Waals surface area contributed by atoms with Crippen molar-refractivity contribution >= 4 is 11.8 Å². The van der Waals surface area contributed by atoms with Gasteiger partial charge in [-0.1, -0.05) is 11.8 Å². The zero-order valence-electron chi connectivity index (χ0n) is 6.87. The van der Waals surface area contributed by atoms with E-state index in [1.54, 1.807) is 7.05 Å². The van der Waals surface area contributed by atoms with Crippen LogP contribution in [0.15, 0.2) is 9.95 Å². The number of aromatic amines is 1. The highest BCUT2D eigenvalue weighted by molar-refractivity contribution is 7.99. The molecule has 1 rings (SSSR count). The molecule has 1 aromatic heterocycles. The van der Waals surface area contributed by atoms with Gasteiger partial charge in [-0.3, -0.25) is 4.57 Å². The third-order valence-electron chi connectivity index (χ3n) is 1.28. The van der Waals surface area contributed by atoms with Crippen LogP contribution in [0.3, 0.4) is 0 Å². The second-order valence-corrected chi connectivity index (χ2v) is 3.45. The minimum absolute atomic E-state index is 0.274. The van der Waals surface area contributed by atoms with Crippen molar-refractivity contribution in [3.63, 3.8) is 0 Å². The SMILES string of the molecule is CC(F)CSc1n[nH]c(=O)n1C. The molecule has 0 aliphatic heterocycles. The van der Waals surface area contributed by atoms with Crippen LogP contribution in [0.4, 0.5) is 4.39 Å². The maximum absolute atomic E-state index is 12.4. The standard InChI is InChI=1S/C6H10FN3OS/c1-4(7)3-12-6-9-8-5(11)10(6)2/h4H,3H2,1-2H3,(H,8,11). The van der Waals surface area contributed by atoms with Crippen molar-refractivity contribution in [1.82, 2.24) is 14.8 Å². The van der Waals surface area contributed by atoms with Crippen LogP contribution < -0.4 is 5.69 Å². The molecule has 12 heavy (non-hydrogen) atoms. The molecule has 6 heteroatoms. The number of nitrogens with zero attached hydrogens (tertiary/aromatic N) is 2. The van der Waals surface area contributed by atoms with Gasteiger partial charge in [0.2, 0.25) is 0 Å². The predicted molar refractivity (Wildman–Crippen MR) is 45.1 cm³/mol. The summed E-state index contributed by atoms with van der Waals surface area (Å²) in [5.74, 6) is 0.318. The van der Waals surface area contributed by atoms with E-state index in [4.69, 9.17) is 0 Å². The van der Waals surface area contributed by atoms with Crippen LogP contribution in [0, 0.1) is 0 Å². The zero-order chi connectivity index (χ0) is 9.14. The summed E-state index contributed by atoms with van der Waals surface area (Å²) in [5.41, 5.74) is -0.274. The van der Waals surface area contributed by atoms with Gasteiger partial charge in [-0.15, -0.1) is 5.10 Å². The van der Waals surface area contributed by atoms with E-state index in [9.17, 15) is 9.18 Å². The van der Waals surface area contributed by atoms with Gasteiger partial charge in [-0.2, -0.15) is 0 Å². The molecule has 0 radical (unpaired) electrons. The van der Waals surface area contributed by atoms with Gasteiger partial charge in [0.15, 0.2) is 5.16 Å². The predicted octanol–water partition coefficient (Wildman–Crippen LogP) is 0.558. The van der Waals surface area contributed by atoms with Crippen LogP contribution in [0.25, 0.3) is 0 Å². The Hall–Kier alpha value is -0.780. The molecule has 0 aromatic carbocycles. The average Bonchev–Trinajstić information content (AvgIpc) is 2.30. The molecule has 1 heterocycles. The first kappa shape index (κ1) is 9.31. The van der Waals surface area contributed by atoms with Crippen LogP contribution in [0.2, 0.25) is 0 Å². The highest BCUT2D eigenvalue weighted by atomic mass is 32.2. The second kappa shape index (κ2) is 3.75. The molecule has 0 saturated heterocycles. The molecule has 4 nitrogen and oxygen atoms in total. The summed E-state index contributed by atoms with van der Waals surface area (Å²) in [6.07, 6.45) is -0.887. The molecule has 0 amide bonds. The van der Waals surface area contributed by atoms with Gasteiger partial charge in [-0.05, 0) is 6.92 Å². The average molecular weight is 191 g/mol. The highest BCUT2D eigenvalue weighted by Crippen LogP contribution is 2.13. The Kier molecular flexibility index (Phi) is 2.91. The van der Waals surface area contributed by atoms with Gasteiger partial charge < -0.3 is 0 Å². The molecule has 68 valence electrons. The van der Waals surface area contributed by atoms with E-state index in [2.05, 4.69) is 10.2 Å². The molecule has 1 unspecified atom stereocenters. The van der Waals surface area contributed by atoms with E-state index in [-0.39, 0.29) is 5.69 Å². The van der Waals surface area contributed by atoms with Crippen molar-refractivity contribution in [1.29, 1.82) is 0 Å². The molecule has 1 N–H and O–H groups in total. The lowest BCUT2D eigenvalue weighted by molar-refractivity contribution is 0.397. The molecule has 0 bridgehead atoms. The summed E-state index contributed by atoms with van der Waals surface area (Å²) >= 11 is 1.22. The Morgan fingerprint density at radius 2 is 2.50 bits per heavy atom. The van der Waals surface area contributed by atoms with E-state index in [1.807, 2.05) is 0 Å². The molecule has 1 aromatic rings. The number of hydrogen-bond donors (Lipinski definition) is 1. The fourth-order valence-corrected chi connectivity index (χ4v) is 1.42. The third-order valence-corrected chi connectivity index (χ3v) is 2.53. The van der Waals surface area contributed by atoms with Crippen molar-refractivity contribution in [2.45, 2.75) is 18.3 Å². The van der Waals surface area contributed by atoms with Gasteiger partial charge in [0.25, 0.3) is 0 Å². The molecule has 0 aliphatic rings. The number of H-pyrrole nitrogens is 1. The van der Waals surface area contributed by atoms with Crippen LogP contribution >= 0.6 is 11.8 Å². The van der Waals surface area contributed by atoms with Crippen LogP contribution in [0.5, 0.6) is 0 Å². The Morgan fingerprint density at radius 3 is 2.92 bits per heavy atom. The zero-order valence-corrected chi connectivity index (χ0v) is 7.69. The molecular formula is C6H10FN3OS. The molecular weight excluding hydrogens is 181 g/mol. The normalized spacial score (nSPS) is 13.2. The molecule has 0 aliphatic carbocycles. The number of aromatic nitrogens is 3. The smallest absolute Gasteiger partial charge is 0.273 e. The molecule has 0 saturated carbocycles. The summed E-state index contributed by atoms with van der Waals surface area (Å²) in [5, 5.41) is 6.50. The number of halogens is 1. The number of hydrogen-bond acceptors (Lipinski definition) is 3. The number of alkyl halides is 1. The van der Waals surface area contributed by atoms with E-state index >= 15 is 0 Å². The summed E-state index contributed by atoms with van der Waals surface area (Å²) in [6, 6.07) is 0. The lowest BCUT2D eigenvalue weighted by atomic mass is 10.5. The monoisotopic (exact) mass is 191 g/mol. The minimum Gasteiger partial charge on any atom is -0.273 e. The van der Waals surface area contributed by atoms with Gasteiger partial charge in [0.1, 0.15) is 6.17 Å². The van der Waals surface area contributed by atoms with Crippen molar-refractivity contribution < 1.29 is 4.39 Å². The summed E-state index contributed by atoms with van der Waals surface area (Å²) in [4.78, 5) is 10.8. The summed E-state index contributed by atoms with van der Waals surface area (Å²) in [7, 11) is 1.59. The van der Waals surface area contributed by atoms with Gasteiger partial charge in [0, 0.05) is 12.8 Å². The Balaban J connectivity index is 2.64. The molecule has 0 fully saturated rings. The second-order valence-electron chi connectivity index (χ2n) is 2.46. The van der Waals surface area contributed by atoms with Crippen molar-refractivity contribution in [2.75, 3.05) is 5.75 Å². The Morgan fingerprint density at radius 1 is 1.83 bits per heavy atom. The van der Waals surface area contributed by atoms with Crippen LogP contribution in [0.1, 0.15) is 6.92 Å². The van der Waals surface area contributed by atoms with Crippen LogP contribution in [-0.4, -0.2) is 26.7 Å². The van der Waals surface area contributed by atoms with Crippen molar-refractivity contribution in [2.24, 2.45) is 7.05 Å². The largest absolute Gasteiger partial charge is 0.343 e. The fourth-order valence-electron chi connectivity index (χ4n) is 0.651. The third kappa shape index (κ3) is 2.10. The maximum atomic E-state index is 12.4. The van der Waals surface area contributed by atoms with Crippen molar-refractivity contribution in [3.05, 3.63) is 10.5 Å². The first-order valence-corrected chi connectivity index (χ1v) is 4.48. The van der Waals surface area contributed by atoms with E-state index in [0.717, 1.165) is 0 Å². The quantitative estimate of drug-likeness (QED) is 0.710. The van der Waals surface area contributed by atoms with Gasteiger partial charge in [-0.25, -0.2) is 14.3 Å². The van der Waals surface area contributed by atoms with Gasteiger partial charge in [0.05, 0.1) is 0 Å². The first-order chi connectivity index (χ1) is 5.61. The Bertz CT molecular complexity index is 306. The molecule has 0 spiro atoms. The summed E-state index contributed by atoms with van der Waals surface area (Å²) < 4.78 is 13.7.